The van der Waals surface area contributed by atoms with Crippen LogP contribution in [-0.4, -0.2) is 69.8 Å². The van der Waals surface area contributed by atoms with Crippen LogP contribution in [0.2, 0.25) is 0 Å². The number of nitrogens with one attached hydrogen (secondary N) is 1. The van der Waals surface area contributed by atoms with Gasteiger partial charge in [-0.15, -0.1) is 0 Å². The minimum atomic E-state index is -3.69. The first kappa shape index (κ1) is 30.2. The highest BCUT2D eigenvalue weighted by Gasteiger charge is 2.43. The van der Waals surface area contributed by atoms with E-state index in [-0.39, 0.29) is 29.7 Å². The molecule has 0 fully saturated rings. The summed E-state index contributed by atoms with van der Waals surface area (Å²) in [6.07, 6.45) is 1.27. The Kier molecular flexibility index (Phi) is 9.55. The van der Waals surface area contributed by atoms with Gasteiger partial charge < -0.3 is 19.5 Å². The predicted octanol–water partition coefficient (Wildman–Crippen LogP) is 2.74. The maximum Gasteiger partial charge on any atom is 0.306 e. The van der Waals surface area contributed by atoms with E-state index in [0.29, 0.717) is 29.2 Å². The van der Waals surface area contributed by atoms with Gasteiger partial charge in [0.05, 0.1) is 55.9 Å². The third-order valence-corrected chi connectivity index (χ3v) is 6.81. The van der Waals surface area contributed by atoms with E-state index >= 15 is 0 Å². The summed E-state index contributed by atoms with van der Waals surface area (Å²) in [4.78, 5) is 51.6. The molecule has 2 aromatic carbocycles. The van der Waals surface area contributed by atoms with Crippen molar-refractivity contribution in [2.75, 3.05) is 38.2 Å². The lowest BCUT2D eigenvalue weighted by Gasteiger charge is -2.27. The molecule has 2 aromatic rings. The molecule has 0 spiro atoms. The molecule has 0 bridgehead atoms. The van der Waals surface area contributed by atoms with E-state index in [1.54, 1.807) is 19.1 Å². The average Bonchev–Trinajstić information content (AvgIpc) is 3.13. The number of rotatable bonds is 10. The number of imide groups is 1. The van der Waals surface area contributed by atoms with Crippen LogP contribution in [0, 0.1) is 11.8 Å². The molecule has 1 N–H and O–H groups in total. The summed E-state index contributed by atoms with van der Waals surface area (Å²) in [6.45, 7) is 3.32. The zero-order chi connectivity index (χ0) is 29.6. The highest BCUT2D eigenvalue weighted by Crippen LogP contribution is 2.39. The Balaban J connectivity index is 2.12. The van der Waals surface area contributed by atoms with E-state index in [0.717, 1.165) is 11.2 Å². The molecular formula is C28H30N2O9S. The van der Waals surface area contributed by atoms with Gasteiger partial charge in [0.15, 0.2) is 11.5 Å². The minimum absolute atomic E-state index is 0.0365. The van der Waals surface area contributed by atoms with Gasteiger partial charge in [0.1, 0.15) is 9.84 Å². The molecule has 0 saturated heterocycles. The second kappa shape index (κ2) is 12.7. The van der Waals surface area contributed by atoms with Crippen molar-refractivity contribution in [3.63, 3.8) is 0 Å². The summed E-state index contributed by atoms with van der Waals surface area (Å²) in [5, 5.41) is 2.57. The molecule has 1 heterocycles. The number of fused-ring (bicyclic) bond motifs is 1. The Bertz CT molecular complexity index is 1520. The van der Waals surface area contributed by atoms with Crippen LogP contribution in [0.1, 0.15) is 64.6 Å². The monoisotopic (exact) mass is 570 g/mol. The molecule has 12 heteroatoms. The molecule has 3 amide bonds. The number of benzene rings is 2. The number of carbonyl (C=O) groups excluding carboxylic acids is 4. The number of hydrogen-bond acceptors (Lipinski definition) is 9. The fourth-order valence-corrected chi connectivity index (χ4v) is 5.15. The lowest BCUT2D eigenvalue weighted by Crippen LogP contribution is -2.37. The standard InChI is InChI=1S/C28H30N2O9S/c1-6-39-24-15-19(11-12-23(24)37-3)22(16-40(5,35)36)30-27(33)20-13-18(9-7-8-10-25(32)38-4)14-21(29-17(2)31)26(20)28(30)34/h11-15,22H,6,8,10,16H2,1-5H3,(H,29,31)/t22-/m1/s1. The van der Waals surface area contributed by atoms with Crippen molar-refractivity contribution >= 4 is 39.2 Å². The molecule has 1 atom stereocenters. The normalized spacial score (nSPS) is 13.2. The van der Waals surface area contributed by atoms with Gasteiger partial charge in [-0.25, -0.2) is 8.42 Å². The summed E-state index contributed by atoms with van der Waals surface area (Å²) in [7, 11) is -0.971. The van der Waals surface area contributed by atoms with Crippen molar-refractivity contribution in [2.45, 2.75) is 32.7 Å². The van der Waals surface area contributed by atoms with Crippen molar-refractivity contribution in [3.8, 4) is 23.3 Å². The number of nitrogens with zero attached hydrogens (tertiary/aromatic N) is 1. The maximum atomic E-state index is 13.7. The molecule has 0 saturated carbocycles. The predicted molar refractivity (Wildman–Crippen MR) is 146 cm³/mol. The van der Waals surface area contributed by atoms with Crippen molar-refractivity contribution in [3.05, 3.63) is 52.6 Å². The van der Waals surface area contributed by atoms with Crippen molar-refractivity contribution in [1.82, 2.24) is 4.90 Å². The number of hydrogen-bond donors (Lipinski definition) is 1. The lowest BCUT2D eigenvalue weighted by atomic mass is 10.0. The third kappa shape index (κ3) is 6.98. The Morgan fingerprint density at radius 2 is 1.80 bits per heavy atom. The zero-order valence-electron chi connectivity index (χ0n) is 22.8. The van der Waals surface area contributed by atoms with Gasteiger partial charge in [-0.1, -0.05) is 17.9 Å². The van der Waals surface area contributed by atoms with E-state index in [1.165, 1.54) is 39.3 Å². The molecule has 0 aromatic heterocycles. The van der Waals surface area contributed by atoms with Crippen LogP contribution in [0.25, 0.3) is 0 Å². The maximum absolute atomic E-state index is 13.7. The van der Waals surface area contributed by atoms with Gasteiger partial charge in [0.25, 0.3) is 11.8 Å². The quantitative estimate of drug-likeness (QED) is 0.259. The molecule has 0 unspecified atom stereocenters. The van der Waals surface area contributed by atoms with E-state index in [1.807, 2.05) is 0 Å². The van der Waals surface area contributed by atoms with E-state index in [4.69, 9.17) is 9.47 Å². The number of ether oxygens (including phenoxy) is 3. The van der Waals surface area contributed by atoms with Crippen LogP contribution in [0.15, 0.2) is 30.3 Å². The minimum Gasteiger partial charge on any atom is -0.493 e. The summed E-state index contributed by atoms with van der Waals surface area (Å²) in [6, 6.07) is 6.32. The topological polar surface area (TPSA) is 145 Å². The van der Waals surface area contributed by atoms with Gasteiger partial charge in [0, 0.05) is 25.2 Å². The fraction of sp³-hybridized carbons (Fsp3) is 0.357. The fourth-order valence-electron chi connectivity index (χ4n) is 4.23. The molecular weight excluding hydrogens is 540 g/mol. The number of esters is 1. The smallest absolute Gasteiger partial charge is 0.306 e. The largest absolute Gasteiger partial charge is 0.493 e. The molecule has 3 rings (SSSR count). The highest BCUT2D eigenvalue weighted by molar-refractivity contribution is 7.90. The van der Waals surface area contributed by atoms with Crippen molar-refractivity contribution < 1.29 is 41.8 Å². The van der Waals surface area contributed by atoms with Crippen LogP contribution in [-0.2, 0) is 24.2 Å². The van der Waals surface area contributed by atoms with E-state index < -0.39 is 45.3 Å². The number of sulfone groups is 1. The van der Waals surface area contributed by atoms with Crippen LogP contribution >= 0.6 is 0 Å². The summed E-state index contributed by atoms with van der Waals surface area (Å²) >= 11 is 0. The highest BCUT2D eigenvalue weighted by atomic mass is 32.2. The second-order valence-electron chi connectivity index (χ2n) is 8.94. The SMILES string of the molecule is CCOc1cc([C@@H](CS(C)(=O)=O)N2C(=O)c3cc(C#CCCC(=O)OC)cc(NC(C)=O)c3C2=O)ccc1OC. The summed E-state index contributed by atoms with van der Waals surface area (Å²) < 4.78 is 40.4. The van der Waals surface area contributed by atoms with Gasteiger partial charge in [-0.2, -0.15) is 0 Å². The van der Waals surface area contributed by atoms with Crippen molar-refractivity contribution in [1.29, 1.82) is 0 Å². The van der Waals surface area contributed by atoms with Crippen molar-refractivity contribution in [2.24, 2.45) is 0 Å². The van der Waals surface area contributed by atoms with E-state index in [9.17, 15) is 27.6 Å². The Morgan fingerprint density at radius 3 is 2.40 bits per heavy atom. The van der Waals surface area contributed by atoms with Gasteiger partial charge >= 0.3 is 5.97 Å². The summed E-state index contributed by atoms with van der Waals surface area (Å²) in [5.41, 5.74) is 0.611. The molecule has 1 aliphatic heterocycles. The van der Waals surface area contributed by atoms with Crippen LogP contribution in [0.4, 0.5) is 5.69 Å². The van der Waals surface area contributed by atoms with Gasteiger partial charge in [-0.3, -0.25) is 24.1 Å². The second-order valence-corrected chi connectivity index (χ2v) is 11.1. The first-order chi connectivity index (χ1) is 18.9. The summed E-state index contributed by atoms with van der Waals surface area (Å²) in [5.74, 6) is 3.38. The third-order valence-electron chi connectivity index (χ3n) is 5.89. The molecule has 40 heavy (non-hydrogen) atoms. The zero-order valence-corrected chi connectivity index (χ0v) is 23.6. The van der Waals surface area contributed by atoms with Crippen LogP contribution in [0.5, 0.6) is 11.5 Å². The molecule has 0 radical (unpaired) electrons. The molecule has 212 valence electrons. The van der Waals surface area contributed by atoms with Crippen LogP contribution < -0.4 is 14.8 Å². The number of anilines is 1. The molecule has 0 aliphatic carbocycles. The first-order valence-corrected chi connectivity index (χ1v) is 14.3. The number of amides is 3. The number of carbonyl (C=O) groups is 4. The van der Waals surface area contributed by atoms with Gasteiger partial charge in [0.2, 0.25) is 5.91 Å². The van der Waals surface area contributed by atoms with E-state index in [2.05, 4.69) is 21.9 Å². The Hall–Kier alpha value is -4.37. The molecule has 1 aliphatic rings. The van der Waals surface area contributed by atoms with Gasteiger partial charge in [-0.05, 0) is 36.8 Å². The Labute approximate surface area is 232 Å². The number of methoxy groups -OCH3 is 2. The lowest BCUT2D eigenvalue weighted by molar-refractivity contribution is -0.140. The average molecular weight is 571 g/mol. The molecule has 11 nitrogen and oxygen atoms in total. The van der Waals surface area contributed by atoms with Crippen LogP contribution in [0.3, 0.4) is 0 Å². The Morgan fingerprint density at radius 1 is 1.07 bits per heavy atom. The first-order valence-electron chi connectivity index (χ1n) is 12.3.